The molecule has 0 atom stereocenters. The summed E-state index contributed by atoms with van der Waals surface area (Å²) in [5, 5.41) is 19.5. The van der Waals surface area contributed by atoms with Crippen molar-refractivity contribution in [1.29, 1.82) is 0 Å². The Morgan fingerprint density at radius 1 is 1.47 bits per heavy atom. The molecular weight excluding hydrogens is 224 g/mol. The molecule has 1 aliphatic rings. The van der Waals surface area contributed by atoms with Crippen LogP contribution in [0.5, 0.6) is 0 Å². The van der Waals surface area contributed by atoms with Gasteiger partial charge in [0.2, 0.25) is 0 Å². The number of carboxylic acid groups (broad SMARTS) is 1. The molecule has 90 valence electrons. The summed E-state index contributed by atoms with van der Waals surface area (Å²) in [5.41, 5.74) is 0.715. The monoisotopic (exact) mass is 236 g/mol. The molecule has 1 aromatic carbocycles. The number of hydrogen-bond acceptors (Lipinski definition) is 4. The summed E-state index contributed by atoms with van der Waals surface area (Å²) in [7, 11) is 0. The number of nitro groups is 1. The molecule has 2 rings (SSSR count). The van der Waals surface area contributed by atoms with Gasteiger partial charge in [-0.3, -0.25) is 19.8 Å². The highest BCUT2D eigenvalue weighted by Crippen LogP contribution is 2.24. The van der Waals surface area contributed by atoms with Gasteiger partial charge >= 0.3 is 5.97 Å². The Kier molecular flexibility index (Phi) is 3.06. The zero-order valence-electron chi connectivity index (χ0n) is 9.07. The lowest BCUT2D eigenvalue weighted by Gasteiger charge is -2.36. The predicted molar refractivity (Wildman–Crippen MR) is 59.5 cm³/mol. The molecule has 0 bridgehead atoms. The van der Waals surface area contributed by atoms with Crippen molar-refractivity contribution in [2.24, 2.45) is 5.92 Å². The van der Waals surface area contributed by atoms with Gasteiger partial charge < -0.3 is 5.11 Å². The lowest BCUT2D eigenvalue weighted by Crippen LogP contribution is -2.49. The molecule has 0 spiro atoms. The smallest absolute Gasteiger partial charge is 0.309 e. The van der Waals surface area contributed by atoms with Crippen molar-refractivity contribution in [3.8, 4) is 0 Å². The van der Waals surface area contributed by atoms with Crippen molar-refractivity contribution in [2.45, 2.75) is 6.54 Å². The number of aliphatic carboxylic acids is 1. The van der Waals surface area contributed by atoms with Gasteiger partial charge in [0.25, 0.3) is 5.69 Å². The highest BCUT2D eigenvalue weighted by molar-refractivity contribution is 5.71. The lowest BCUT2D eigenvalue weighted by molar-refractivity contribution is -0.385. The first-order valence-electron chi connectivity index (χ1n) is 5.25. The van der Waals surface area contributed by atoms with Crippen LogP contribution in [0.1, 0.15) is 5.56 Å². The Morgan fingerprint density at radius 2 is 2.12 bits per heavy atom. The van der Waals surface area contributed by atoms with Crippen molar-refractivity contribution in [3.05, 3.63) is 39.9 Å². The zero-order chi connectivity index (χ0) is 12.4. The Bertz CT molecular complexity index is 455. The van der Waals surface area contributed by atoms with Gasteiger partial charge in [0.05, 0.1) is 10.8 Å². The van der Waals surface area contributed by atoms with Gasteiger partial charge in [0.15, 0.2) is 0 Å². The van der Waals surface area contributed by atoms with Gasteiger partial charge in [-0.2, -0.15) is 0 Å². The average Bonchev–Trinajstić information content (AvgIpc) is 2.22. The van der Waals surface area contributed by atoms with Crippen LogP contribution in [-0.4, -0.2) is 34.0 Å². The zero-order valence-corrected chi connectivity index (χ0v) is 9.07. The molecular formula is C11H12N2O4. The molecule has 6 heteroatoms. The third-order valence-electron chi connectivity index (χ3n) is 2.89. The second kappa shape index (κ2) is 4.50. The Hall–Kier alpha value is -1.95. The number of carbonyl (C=O) groups is 1. The minimum Gasteiger partial charge on any atom is -0.481 e. The molecule has 0 aliphatic carbocycles. The number of hydrogen-bond donors (Lipinski definition) is 1. The summed E-state index contributed by atoms with van der Waals surface area (Å²) in [5.74, 6) is -1.14. The van der Waals surface area contributed by atoms with Crippen LogP contribution in [0.2, 0.25) is 0 Å². The lowest BCUT2D eigenvalue weighted by atomic mass is 9.99. The van der Waals surface area contributed by atoms with E-state index in [1.807, 2.05) is 4.90 Å². The minimum absolute atomic E-state index is 0.0891. The van der Waals surface area contributed by atoms with Gasteiger partial charge in [-0.15, -0.1) is 0 Å². The maximum absolute atomic E-state index is 10.8. The van der Waals surface area contributed by atoms with Crippen LogP contribution in [0.4, 0.5) is 5.69 Å². The van der Waals surface area contributed by atoms with Crippen molar-refractivity contribution in [3.63, 3.8) is 0 Å². The third kappa shape index (κ3) is 2.42. The van der Waals surface area contributed by atoms with E-state index in [-0.39, 0.29) is 11.6 Å². The predicted octanol–water partition coefficient (Wildman–Crippen LogP) is 1.11. The number of carboxylic acids is 1. The minimum atomic E-state index is -0.802. The number of likely N-dealkylation sites (tertiary alicyclic amines) is 1. The topological polar surface area (TPSA) is 83.7 Å². The van der Waals surface area contributed by atoms with Crippen LogP contribution in [0, 0.1) is 16.0 Å². The summed E-state index contributed by atoms with van der Waals surface area (Å²) in [6.45, 7) is 1.35. The van der Waals surface area contributed by atoms with E-state index in [0.29, 0.717) is 25.2 Å². The van der Waals surface area contributed by atoms with Gasteiger partial charge in [0.1, 0.15) is 0 Å². The van der Waals surface area contributed by atoms with Gasteiger partial charge in [-0.25, -0.2) is 0 Å². The molecule has 1 aromatic rings. The first-order chi connectivity index (χ1) is 8.08. The summed E-state index contributed by atoms with van der Waals surface area (Å²) in [4.78, 5) is 22.9. The molecule has 17 heavy (non-hydrogen) atoms. The fraction of sp³-hybridized carbons (Fsp3) is 0.364. The van der Waals surface area contributed by atoms with Crippen LogP contribution >= 0.6 is 0 Å². The molecule has 1 saturated heterocycles. The Morgan fingerprint density at radius 3 is 2.71 bits per heavy atom. The number of nitro benzene ring substituents is 1. The molecule has 0 amide bonds. The summed E-state index contributed by atoms with van der Waals surface area (Å²) >= 11 is 0. The Balaban J connectivity index is 2.01. The van der Waals surface area contributed by atoms with Crippen LogP contribution < -0.4 is 0 Å². The van der Waals surface area contributed by atoms with Gasteiger partial charge in [-0.1, -0.05) is 18.2 Å². The van der Waals surface area contributed by atoms with E-state index in [1.54, 1.807) is 18.2 Å². The molecule has 1 heterocycles. The normalized spacial score (nSPS) is 16.5. The van der Waals surface area contributed by atoms with Crippen molar-refractivity contribution in [2.75, 3.05) is 13.1 Å². The fourth-order valence-electron chi connectivity index (χ4n) is 1.92. The molecule has 0 saturated carbocycles. The number of rotatable bonds is 4. The largest absolute Gasteiger partial charge is 0.481 e. The van der Waals surface area contributed by atoms with Gasteiger partial charge in [-0.05, 0) is 0 Å². The maximum Gasteiger partial charge on any atom is 0.309 e. The first kappa shape index (κ1) is 11.5. The van der Waals surface area contributed by atoms with E-state index in [2.05, 4.69) is 0 Å². The third-order valence-corrected chi connectivity index (χ3v) is 2.89. The van der Waals surface area contributed by atoms with Crippen molar-refractivity contribution >= 4 is 11.7 Å². The SMILES string of the molecule is O=C(O)C1CN(Cc2ccccc2[N+](=O)[O-])C1. The van der Waals surface area contributed by atoms with Crippen molar-refractivity contribution < 1.29 is 14.8 Å². The Labute approximate surface area is 97.6 Å². The molecule has 0 unspecified atom stereocenters. The van der Waals surface area contributed by atoms with Gasteiger partial charge in [0, 0.05) is 31.3 Å². The van der Waals surface area contributed by atoms with E-state index in [1.165, 1.54) is 6.07 Å². The summed E-state index contributed by atoms with van der Waals surface area (Å²) < 4.78 is 0. The van der Waals surface area contributed by atoms with Crippen LogP contribution in [0.25, 0.3) is 0 Å². The second-order valence-corrected chi connectivity index (χ2v) is 4.12. The van der Waals surface area contributed by atoms with E-state index in [4.69, 9.17) is 5.11 Å². The van der Waals surface area contributed by atoms with E-state index in [9.17, 15) is 14.9 Å². The average molecular weight is 236 g/mol. The standard InChI is InChI=1S/C11H12N2O4/c14-11(15)9-6-12(7-9)5-8-3-1-2-4-10(8)13(16)17/h1-4,9H,5-7H2,(H,14,15). The summed E-state index contributed by atoms with van der Waals surface area (Å²) in [6, 6.07) is 6.53. The molecule has 1 N–H and O–H groups in total. The second-order valence-electron chi connectivity index (χ2n) is 4.12. The first-order valence-corrected chi connectivity index (χ1v) is 5.25. The highest BCUT2D eigenvalue weighted by Gasteiger charge is 2.33. The molecule has 1 fully saturated rings. The highest BCUT2D eigenvalue weighted by atomic mass is 16.6. The maximum atomic E-state index is 10.8. The summed E-state index contributed by atoms with van der Waals surface area (Å²) in [6.07, 6.45) is 0. The van der Waals surface area contributed by atoms with E-state index >= 15 is 0 Å². The molecule has 1 aliphatic heterocycles. The van der Waals surface area contributed by atoms with Crippen molar-refractivity contribution in [1.82, 2.24) is 4.90 Å². The number of para-hydroxylation sites is 1. The molecule has 0 radical (unpaired) electrons. The number of nitrogens with zero attached hydrogens (tertiary/aromatic N) is 2. The van der Waals surface area contributed by atoms with Crippen LogP contribution in [0.15, 0.2) is 24.3 Å². The quantitative estimate of drug-likeness (QED) is 0.625. The fourth-order valence-corrected chi connectivity index (χ4v) is 1.92. The van der Waals surface area contributed by atoms with Crippen LogP contribution in [-0.2, 0) is 11.3 Å². The van der Waals surface area contributed by atoms with E-state index in [0.717, 1.165) is 0 Å². The van der Waals surface area contributed by atoms with Crippen LogP contribution in [0.3, 0.4) is 0 Å². The van der Waals surface area contributed by atoms with E-state index < -0.39 is 10.9 Å². The molecule has 6 nitrogen and oxygen atoms in total. The number of benzene rings is 1. The molecule has 0 aromatic heterocycles.